The second-order valence-electron chi connectivity index (χ2n) is 9.29. The van der Waals surface area contributed by atoms with Crippen LogP contribution in [0.2, 0.25) is 5.02 Å². The van der Waals surface area contributed by atoms with Crippen LogP contribution in [0.5, 0.6) is 11.5 Å². The van der Waals surface area contributed by atoms with Crippen LogP contribution in [0.25, 0.3) is 6.08 Å². The zero-order valence-electron chi connectivity index (χ0n) is 23.2. The van der Waals surface area contributed by atoms with Crippen molar-refractivity contribution in [2.24, 2.45) is 4.99 Å². The molecule has 0 bridgehead atoms. The zero-order valence-corrected chi connectivity index (χ0v) is 24.7. The Hall–Kier alpha value is -3.22. The van der Waals surface area contributed by atoms with Gasteiger partial charge in [-0.1, -0.05) is 56.6 Å². The Morgan fingerprint density at radius 2 is 1.62 bits per heavy atom. The molecule has 1 aliphatic rings. The number of anilines is 1. The van der Waals surface area contributed by atoms with Gasteiger partial charge >= 0.3 is 0 Å². The van der Waals surface area contributed by atoms with E-state index in [1.165, 1.54) is 22.9 Å². The van der Waals surface area contributed by atoms with E-state index >= 15 is 0 Å². The first-order valence-electron chi connectivity index (χ1n) is 13.5. The van der Waals surface area contributed by atoms with Crippen LogP contribution >= 0.6 is 23.4 Å². The van der Waals surface area contributed by atoms with Crippen LogP contribution in [0, 0.1) is 0 Å². The maximum Gasteiger partial charge on any atom is 0.271 e. The molecule has 0 radical (unpaired) electrons. The predicted molar refractivity (Wildman–Crippen MR) is 165 cm³/mol. The zero-order chi connectivity index (χ0) is 27.9. The molecule has 0 saturated carbocycles. The van der Waals surface area contributed by atoms with E-state index in [9.17, 15) is 4.79 Å². The third kappa shape index (κ3) is 6.87. The number of halogens is 1. The molecule has 0 aliphatic carbocycles. The summed E-state index contributed by atoms with van der Waals surface area (Å²) in [4.78, 5) is 20.9. The largest absolute Gasteiger partial charge is 0.490 e. The summed E-state index contributed by atoms with van der Waals surface area (Å²) in [5.74, 6) is 0.947. The number of benzene rings is 3. The summed E-state index contributed by atoms with van der Waals surface area (Å²) in [6.07, 6.45) is 4.57. The Balaban J connectivity index is 1.74. The molecule has 3 aromatic carbocycles. The van der Waals surface area contributed by atoms with Crippen LogP contribution in [-0.2, 0) is 17.6 Å². The molecule has 4 rings (SSSR count). The highest BCUT2D eigenvalue weighted by Crippen LogP contribution is 2.41. The number of rotatable bonds is 10. The van der Waals surface area contributed by atoms with Crippen molar-refractivity contribution in [3.05, 3.63) is 87.3 Å². The molecule has 39 heavy (non-hydrogen) atoms. The molecule has 5 nitrogen and oxygen atoms in total. The monoisotopic (exact) mass is 562 g/mol. The van der Waals surface area contributed by atoms with E-state index in [2.05, 4.69) is 32.9 Å². The molecule has 1 heterocycles. The van der Waals surface area contributed by atoms with Crippen LogP contribution in [0.3, 0.4) is 0 Å². The Morgan fingerprint density at radius 1 is 0.974 bits per heavy atom. The first-order valence-corrected chi connectivity index (χ1v) is 14.7. The van der Waals surface area contributed by atoms with Crippen LogP contribution in [0.15, 0.2) is 70.6 Å². The Morgan fingerprint density at radius 3 is 2.21 bits per heavy atom. The number of ether oxygens (including phenoxy) is 2. The van der Waals surface area contributed by atoms with Gasteiger partial charge in [0, 0.05) is 0 Å². The predicted octanol–water partition coefficient (Wildman–Crippen LogP) is 8.85. The summed E-state index contributed by atoms with van der Waals surface area (Å²) in [6, 6.07) is 19.8. The summed E-state index contributed by atoms with van der Waals surface area (Å²) < 4.78 is 11.9. The molecule has 204 valence electrons. The van der Waals surface area contributed by atoms with Gasteiger partial charge < -0.3 is 9.47 Å². The smallest absolute Gasteiger partial charge is 0.271 e. The number of hydrogen-bond acceptors (Lipinski definition) is 5. The Labute approximate surface area is 240 Å². The maximum absolute atomic E-state index is 13.8. The number of carbonyl (C=O) groups is 1. The fourth-order valence-electron chi connectivity index (χ4n) is 4.06. The van der Waals surface area contributed by atoms with E-state index in [0.29, 0.717) is 33.2 Å². The number of aryl methyl sites for hydroxylation is 2. The van der Waals surface area contributed by atoms with Gasteiger partial charge in [-0.2, -0.15) is 0 Å². The summed E-state index contributed by atoms with van der Waals surface area (Å²) >= 11 is 7.99. The summed E-state index contributed by atoms with van der Waals surface area (Å²) in [5, 5.41) is 1.05. The van der Waals surface area contributed by atoms with Gasteiger partial charge in [-0.25, -0.2) is 4.99 Å². The number of carbonyl (C=O) groups excluding carboxylic acids is 1. The average Bonchev–Trinajstić information content (AvgIpc) is 3.24. The SMILES string of the molecule is CCOc1cc(/C=C2\SC(=Nc3ccc(CC)cc3)N(c3ccc(CC)cc3)C2=O)cc(Cl)c1O[C@@H](C)CC. The minimum atomic E-state index is -0.137. The van der Waals surface area contributed by atoms with Crippen molar-refractivity contribution in [1.82, 2.24) is 0 Å². The van der Waals surface area contributed by atoms with E-state index in [1.807, 2.05) is 68.5 Å². The molecule has 0 spiro atoms. The van der Waals surface area contributed by atoms with E-state index < -0.39 is 0 Å². The fourth-order valence-corrected chi connectivity index (χ4v) is 5.32. The lowest BCUT2D eigenvalue weighted by atomic mass is 10.1. The molecular weight excluding hydrogens is 528 g/mol. The standard InChI is InChI=1S/C32H35ClN2O3S/c1-6-21(5)38-30-27(33)18-24(19-28(30)37-9-4)20-29-31(36)35(26-16-12-23(8-3)13-17-26)32(39-29)34-25-14-10-22(7-2)11-15-25/h10-21H,6-9H2,1-5H3/b29-20-,34-32?/t21-/m0/s1. The van der Waals surface area contributed by atoms with Gasteiger partial charge in [0.25, 0.3) is 5.91 Å². The third-order valence-electron chi connectivity index (χ3n) is 6.50. The average molecular weight is 563 g/mol. The topological polar surface area (TPSA) is 51.1 Å². The summed E-state index contributed by atoms with van der Waals surface area (Å²) in [6.45, 7) is 10.7. The minimum absolute atomic E-state index is 0.00399. The van der Waals surface area contributed by atoms with Gasteiger partial charge in [0.05, 0.1) is 34.0 Å². The highest BCUT2D eigenvalue weighted by Gasteiger charge is 2.35. The van der Waals surface area contributed by atoms with E-state index in [0.717, 1.165) is 36.2 Å². The Bertz CT molecular complexity index is 1370. The lowest BCUT2D eigenvalue weighted by Gasteiger charge is -2.18. The van der Waals surface area contributed by atoms with Crippen LogP contribution in [0.1, 0.15) is 57.7 Å². The fraction of sp³-hybridized carbons (Fsp3) is 0.312. The second-order valence-corrected chi connectivity index (χ2v) is 10.7. The van der Waals surface area contributed by atoms with Crippen molar-refractivity contribution in [2.75, 3.05) is 11.5 Å². The van der Waals surface area contributed by atoms with Crippen molar-refractivity contribution in [3.63, 3.8) is 0 Å². The summed E-state index contributed by atoms with van der Waals surface area (Å²) in [7, 11) is 0. The molecule has 0 unspecified atom stereocenters. The molecule has 1 atom stereocenters. The third-order valence-corrected chi connectivity index (χ3v) is 7.75. The second kappa shape index (κ2) is 13.2. The van der Waals surface area contributed by atoms with Crippen LogP contribution in [-0.4, -0.2) is 23.8 Å². The van der Waals surface area contributed by atoms with Gasteiger partial charge in [0.1, 0.15) is 0 Å². The first kappa shape index (κ1) is 28.8. The Kier molecular flexibility index (Phi) is 9.76. The molecule has 3 aromatic rings. The minimum Gasteiger partial charge on any atom is -0.490 e. The molecule has 0 N–H and O–H groups in total. The van der Waals surface area contributed by atoms with Crippen molar-refractivity contribution >= 4 is 51.9 Å². The quantitative estimate of drug-likeness (QED) is 0.232. The normalized spacial score (nSPS) is 16.3. The van der Waals surface area contributed by atoms with Gasteiger partial charge in [-0.15, -0.1) is 0 Å². The first-order chi connectivity index (χ1) is 18.9. The van der Waals surface area contributed by atoms with Crippen LogP contribution < -0.4 is 14.4 Å². The van der Waals surface area contributed by atoms with Crippen molar-refractivity contribution < 1.29 is 14.3 Å². The highest BCUT2D eigenvalue weighted by atomic mass is 35.5. The van der Waals surface area contributed by atoms with Gasteiger partial charge in [0.2, 0.25) is 0 Å². The van der Waals surface area contributed by atoms with Crippen LogP contribution in [0.4, 0.5) is 11.4 Å². The summed E-state index contributed by atoms with van der Waals surface area (Å²) in [5.41, 5.74) is 4.78. The molecule has 0 aromatic heterocycles. The molecule has 1 aliphatic heterocycles. The molecular formula is C32H35ClN2O3S. The molecule has 7 heteroatoms. The van der Waals surface area contributed by atoms with Crippen molar-refractivity contribution in [1.29, 1.82) is 0 Å². The van der Waals surface area contributed by atoms with E-state index in [4.69, 9.17) is 26.1 Å². The molecule has 1 fully saturated rings. The number of nitrogens with zero attached hydrogens (tertiary/aromatic N) is 2. The van der Waals surface area contributed by atoms with E-state index in [1.54, 1.807) is 4.90 Å². The number of hydrogen-bond donors (Lipinski definition) is 0. The van der Waals surface area contributed by atoms with Gasteiger partial charge in [0.15, 0.2) is 16.7 Å². The van der Waals surface area contributed by atoms with Gasteiger partial charge in [-0.3, -0.25) is 9.69 Å². The van der Waals surface area contributed by atoms with E-state index in [-0.39, 0.29) is 12.0 Å². The number of amidine groups is 1. The maximum atomic E-state index is 13.8. The number of aliphatic imine (C=N–C) groups is 1. The van der Waals surface area contributed by atoms with Gasteiger partial charge in [-0.05, 0) is 104 Å². The van der Waals surface area contributed by atoms with Crippen molar-refractivity contribution in [3.8, 4) is 11.5 Å². The molecule has 1 amide bonds. The lowest BCUT2D eigenvalue weighted by Crippen LogP contribution is -2.28. The molecule has 1 saturated heterocycles. The van der Waals surface area contributed by atoms with Crippen molar-refractivity contribution in [2.45, 2.75) is 60.0 Å². The number of thioether (sulfide) groups is 1. The number of amides is 1. The highest BCUT2D eigenvalue weighted by molar-refractivity contribution is 8.19. The lowest BCUT2D eigenvalue weighted by molar-refractivity contribution is -0.113.